The van der Waals surface area contributed by atoms with E-state index in [1.54, 1.807) is 30.5 Å². The van der Waals surface area contributed by atoms with E-state index in [1.165, 1.54) is 0 Å². The fourth-order valence-electron chi connectivity index (χ4n) is 2.81. The van der Waals surface area contributed by atoms with E-state index in [0.29, 0.717) is 22.8 Å². The fraction of sp³-hybridized carbons (Fsp3) is 0. The van der Waals surface area contributed by atoms with Crippen LogP contribution in [0.2, 0.25) is 0 Å². The highest BCUT2D eigenvalue weighted by molar-refractivity contribution is 5.98. The number of nitrogen functional groups attached to an aromatic ring is 2. The van der Waals surface area contributed by atoms with E-state index in [0.717, 1.165) is 22.0 Å². The maximum absolute atomic E-state index is 7.44. The van der Waals surface area contributed by atoms with E-state index < -0.39 is 0 Å². The van der Waals surface area contributed by atoms with Crippen LogP contribution < -0.4 is 11.5 Å². The molecule has 4 aromatic rings. The number of nitrogens with two attached hydrogens (primary N) is 2. The summed E-state index contributed by atoms with van der Waals surface area (Å²) in [6.45, 7) is 0. The van der Waals surface area contributed by atoms with Crippen LogP contribution in [0.25, 0.3) is 22.0 Å². The number of benzene rings is 2. The summed E-state index contributed by atoms with van der Waals surface area (Å²) in [5, 5.41) is 17.9. The lowest BCUT2D eigenvalue weighted by molar-refractivity contribution is 1.22. The Kier molecular flexibility index (Phi) is 4.10. The number of aromatic nitrogens is 2. The lowest BCUT2D eigenvalue weighted by Crippen LogP contribution is -2.10. The van der Waals surface area contributed by atoms with Crippen molar-refractivity contribution in [3.05, 3.63) is 72.6 Å². The number of aromatic amines is 1. The van der Waals surface area contributed by atoms with Crippen molar-refractivity contribution >= 4 is 33.8 Å². The summed E-state index contributed by atoms with van der Waals surface area (Å²) in [6, 6.07) is 16.9. The van der Waals surface area contributed by atoms with Crippen molar-refractivity contribution < 1.29 is 0 Å². The molecule has 7 heteroatoms. The average molecular weight is 355 g/mol. The topological polar surface area (TPSA) is 129 Å². The zero-order valence-corrected chi connectivity index (χ0v) is 14.3. The number of hydrogen-bond acceptors (Lipinski definition) is 5. The summed E-state index contributed by atoms with van der Waals surface area (Å²) in [7, 11) is 0. The van der Waals surface area contributed by atoms with Gasteiger partial charge in [-0.1, -0.05) is 12.1 Å². The first-order valence-corrected chi connectivity index (χ1v) is 8.30. The normalized spacial score (nSPS) is 11.3. The van der Waals surface area contributed by atoms with Crippen molar-refractivity contribution in [2.24, 2.45) is 16.0 Å². The van der Waals surface area contributed by atoms with E-state index in [4.69, 9.17) is 16.9 Å². The summed E-state index contributed by atoms with van der Waals surface area (Å²) in [6.07, 6.45) is 3.61. The first kappa shape index (κ1) is 16.5. The predicted octanol–water partition coefficient (Wildman–Crippen LogP) is 4.51. The van der Waals surface area contributed by atoms with Crippen LogP contribution in [0.1, 0.15) is 5.56 Å². The summed E-state index contributed by atoms with van der Waals surface area (Å²) in [5.74, 6) is 0.327. The molecule has 6 N–H and O–H groups in total. The quantitative estimate of drug-likeness (QED) is 0.244. The minimum absolute atomic E-state index is 0.0119. The molecule has 2 aromatic heterocycles. The Hall–Kier alpha value is -4.00. The Bertz CT molecular complexity index is 1140. The van der Waals surface area contributed by atoms with Crippen molar-refractivity contribution in [3.8, 4) is 11.3 Å². The third-order valence-electron chi connectivity index (χ3n) is 4.25. The van der Waals surface area contributed by atoms with Gasteiger partial charge < -0.3 is 16.5 Å². The second-order valence-electron chi connectivity index (χ2n) is 6.04. The molecule has 0 amide bonds. The minimum Gasteiger partial charge on any atom is -0.384 e. The lowest BCUT2D eigenvalue weighted by atomic mass is 10.1. The fourth-order valence-corrected chi connectivity index (χ4v) is 2.81. The van der Waals surface area contributed by atoms with Crippen LogP contribution in [-0.4, -0.2) is 15.8 Å². The molecular formula is C20H17N7. The van der Waals surface area contributed by atoms with Gasteiger partial charge in [0.05, 0.1) is 5.69 Å². The monoisotopic (exact) mass is 355 g/mol. The predicted molar refractivity (Wildman–Crippen MR) is 108 cm³/mol. The van der Waals surface area contributed by atoms with Gasteiger partial charge in [0, 0.05) is 34.4 Å². The van der Waals surface area contributed by atoms with Gasteiger partial charge in [-0.25, -0.2) is 4.98 Å². The molecule has 2 heterocycles. The molecular weight excluding hydrogens is 338 g/mol. The zero-order chi connectivity index (χ0) is 18.8. The molecule has 0 radical (unpaired) electrons. The van der Waals surface area contributed by atoms with Gasteiger partial charge in [-0.05, 0) is 48.0 Å². The smallest absolute Gasteiger partial charge is 0.151 e. The molecule has 0 saturated carbocycles. The maximum atomic E-state index is 7.44. The number of nitrogens with one attached hydrogen (secondary N) is 2. The molecule has 0 spiro atoms. The van der Waals surface area contributed by atoms with Crippen LogP contribution in [-0.2, 0) is 0 Å². The van der Waals surface area contributed by atoms with Gasteiger partial charge >= 0.3 is 0 Å². The summed E-state index contributed by atoms with van der Waals surface area (Å²) >= 11 is 0. The third-order valence-corrected chi connectivity index (χ3v) is 4.25. The lowest BCUT2D eigenvalue weighted by Gasteiger charge is -2.06. The molecule has 0 saturated heterocycles. The van der Waals surface area contributed by atoms with Gasteiger partial charge in [0.2, 0.25) is 0 Å². The van der Waals surface area contributed by atoms with Gasteiger partial charge in [-0.3, -0.25) is 5.41 Å². The number of hydrogen-bond donors (Lipinski definition) is 4. The van der Waals surface area contributed by atoms with Crippen molar-refractivity contribution in [2.45, 2.75) is 0 Å². The van der Waals surface area contributed by atoms with E-state index in [9.17, 15) is 0 Å². The van der Waals surface area contributed by atoms with Crippen molar-refractivity contribution in [2.75, 3.05) is 5.73 Å². The zero-order valence-electron chi connectivity index (χ0n) is 14.3. The van der Waals surface area contributed by atoms with Gasteiger partial charge in [0.15, 0.2) is 5.82 Å². The third kappa shape index (κ3) is 3.25. The number of amidine groups is 1. The summed E-state index contributed by atoms with van der Waals surface area (Å²) in [5.41, 5.74) is 15.4. The number of rotatable bonds is 4. The number of pyridine rings is 1. The molecule has 0 atom stereocenters. The average Bonchev–Trinajstić information content (AvgIpc) is 3.22. The first-order valence-electron chi connectivity index (χ1n) is 8.30. The Balaban J connectivity index is 1.76. The first-order chi connectivity index (χ1) is 13.1. The number of nitrogens with zero attached hydrogens (tertiary/aromatic N) is 3. The van der Waals surface area contributed by atoms with Crippen molar-refractivity contribution in [3.63, 3.8) is 0 Å². The number of H-pyrrole nitrogens is 1. The molecule has 0 aliphatic heterocycles. The van der Waals surface area contributed by atoms with E-state index in [2.05, 4.69) is 20.2 Å². The minimum atomic E-state index is 0.0119. The van der Waals surface area contributed by atoms with E-state index in [-0.39, 0.29) is 5.84 Å². The second kappa shape index (κ2) is 6.72. The van der Waals surface area contributed by atoms with Crippen LogP contribution in [0.3, 0.4) is 0 Å². The Morgan fingerprint density at radius 2 is 1.85 bits per heavy atom. The highest BCUT2D eigenvalue weighted by atomic mass is 15.1. The maximum Gasteiger partial charge on any atom is 0.151 e. The van der Waals surface area contributed by atoms with Crippen LogP contribution in [0.4, 0.5) is 17.2 Å². The molecule has 0 aliphatic carbocycles. The molecule has 27 heavy (non-hydrogen) atoms. The molecule has 7 nitrogen and oxygen atoms in total. The van der Waals surface area contributed by atoms with Crippen LogP contribution in [0, 0.1) is 5.41 Å². The molecule has 0 fully saturated rings. The van der Waals surface area contributed by atoms with Gasteiger partial charge in [-0.15, -0.1) is 5.11 Å². The van der Waals surface area contributed by atoms with Gasteiger partial charge in [0.25, 0.3) is 0 Å². The van der Waals surface area contributed by atoms with Crippen LogP contribution in [0.5, 0.6) is 0 Å². The standard InChI is InChI=1S/C20H17N7/c21-19(22)12-5-7-15(8-6-12)26-27-18-16-10-13(17-2-1-9-24-17)3-4-14(16)11-25-20(18)23/h1-11,24H,(H3,21,22)(H2,23,25)/b27-26+. The van der Waals surface area contributed by atoms with Crippen molar-refractivity contribution in [1.82, 2.24) is 9.97 Å². The van der Waals surface area contributed by atoms with Crippen LogP contribution >= 0.6 is 0 Å². The van der Waals surface area contributed by atoms with Gasteiger partial charge in [0.1, 0.15) is 11.5 Å². The Labute approximate surface area is 155 Å². The number of azo groups is 1. The molecule has 0 aliphatic rings. The highest BCUT2D eigenvalue weighted by Gasteiger charge is 2.09. The molecule has 0 bridgehead atoms. The highest BCUT2D eigenvalue weighted by Crippen LogP contribution is 2.34. The molecule has 4 rings (SSSR count). The molecule has 0 unspecified atom stereocenters. The Morgan fingerprint density at radius 3 is 2.56 bits per heavy atom. The number of fused-ring (bicyclic) bond motifs is 1. The second-order valence-corrected chi connectivity index (χ2v) is 6.04. The van der Waals surface area contributed by atoms with Gasteiger partial charge in [-0.2, -0.15) is 5.11 Å². The molecule has 2 aromatic carbocycles. The number of anilines is 1. The summed E-state index contributed by atoms with van der Waals surface area (Å²) in [4.78, 5) is 7.42. The largest absolute Gasteiger partial charge is 0.384 e. The Morgan fingerprint density at radius 1 is 1.04 bits per heavy atom. The summed E-state index contributed by atoms with van der Waals surface area (Å²) < 4.78 is 0. The van der Waals surface area contributed by atoms with E-state index in [1.807, 2.05) is 36.5 Å². The van der Waals surface area contributed by atoms with Crippen LogP contribution in [0.15, 0.2) is 77.2 Å². The van der Waals surface area contributed by atoms with Crippen molar-refractivity contribution in [1.29, 1.82) is 5.41 Å². The molecule has 132 valence electrons. The van der Waals surface area contributed by atoms with E-state index >= 15 is 0 Å². The SMILES string of the molecule is N=C(N)c1ccc(/N=N/c2c(N)ncc3ccc(-c4ccc[nH]4)cc23)cc1.